The molecule has 4 aliphatic rings. The number of carboxylic acids is 1. The summed E-state index contributed by atoms with van der Waals surface area (Å²) < 4.78 is 0. The number of hydrogen-bond acceptors (Lipinski definition) is 4. The Morgan fingerprint density at radius 3 is 2.40 bits per heavy atom. The van der Waals surface area contributed by atoms with Crippen molar-refractivity contribution in [2.75, 3.05) is 0 Å². The van der Waals surface area contributed by atoms with Crippen LogP contribution in [0.4, 0.5) is 0 Å². The maximum absolute atomic E-state index is 13.2. The summed E-state index contributed by atoms with van der Waals surface area (Å²) in [7, 11) is 0. The van der Waals surface area contributed by atoms with Gasteiger partial charge in [-0.15, -0.1) is 0 Å². The molecule has 0 aromatic heterocycles. The Kier molecular flexibility index (Phi) is 3.54. The van der Waals surface area contributed by atoms with Crippen molar-refractivity contribution < 1.29 is 24.9 Å². The molecule has 5 nitrogen and oxygen atoms in total. The molecular formula is C20H30O5. The van der Waals surface area contributed by atoms with Gasteiger partial charge in [-0.25, -0.2) is 0 Å². The third-order valence-electron chi connectivity index (χ3n) is 9.10. The van der Waals surface area contributed by atoms with Crippen LogP contribution in [0.3, 0.4) is 0 Å². The van der Waals surface area contributed by atoms with E-state index in [0.717, 1.165) is 12.8 Å². The predicted molar refractivity (Wildman–Crippen MR) is 90.6 cm³/mol. The first-order chi connectivity index (χ1) is 11.6. The lowest BCUT2D eigenvalue weighted by Gasteiger charge is -2.65. The number of carboxylic acid groups (broad SMARTS) is 1. The molecule has 0 aromatic carbocycles. The molecule has 3 N–H and O–H groups in total. The third kappa shape index (κ3) is 1.82. The molecule has 0 aliphatic heterocycles. The van der Waals surface area contributed by atoms with Crippen molar-refractivity contribution in [3.05, 3.63) is 0 Å². The van der Waals surface area contributed by atoms with Crippen LogP contribution in [0.2, 0.25) is 0 Å². The van der Waals surface area contributed by atoms with Crippen LogP contribution < -0.4 is 0 Å². The van der Waals surface area contributed by atoms with Crippen LogP contribution in [0.5, 0.6) is 0 Å². The van der Waals surface area contributed by atoms with E-state index >= 15 is 0 Å². The zero-order valence-corrected chi connectivity index (χ0v) is 15.4. The minimum absolute atomic E-state index is 0.0357. The molecule has 0 aromatic rings. The van der Waals surface area contributed by atoms with Crippen LogP contribution in [0.15, 0.2) is 0 Å². The standard InChI is InChI=1S/C20H30O5/c1-10-11-4-5-12-19(3)13(8-15(22)20(12,9-11)16(10)23)18(2,17(24)25)7-6-14(19)21/h10-15,21-22H,4-9H2,1-3H3,(H,24,25)/t10-,11-,12+,13-,14+,15+,18-,19+,20+/m1/s1. The fourth-order valence-electron chi connectivity index (χ4n) is 7.57. The first kappa shape index (κ1) is 17.5. The number of ketones is 1. The normalized spacial score (nSPS) is 57.7. The lowest BCUT2D eigenvalue weighted by molar-refractivity contribution is -0.234. The Morgan fingerprint density at radius 2 is 1.76 bits per heavy atom. The SMILES string of the molecule is C[C@H]1C(=O)[C@@]23C[C@H]1CC[C@H]2[C@]1(C)[C@@H](O)CC[C@@](C)(C(=O)O)[C@H]1C[C@@H]3O. The molecule has 4 fully saturated rings. The van der Waals surface area contributed by atoms with Crippen LogP contribution in [-0.2, 0) is 9.59 Å². The molecule has 5 heteroatoms. The highest BCUT2D eigenvalue weighted by atomic mass is 16.4. The van der Waals surface area contributed by atoms with Crippen LogP contribution in [0, 0.1) is 39.9 Å². The van der Waals surface area contributed by atoms with E-state index in [0.29, 0.717) is 31.6 Å². The van der Waals surface area contributed by atoms with Gasteiger partial charge in [0.05, 0.1) is 23.0 Å². The summed E-state index contributed by atoms with van der Waals surface area (Å²) in [5.41, 5.74) is -2.36. The Morgan fingerprint density at radius 1 is 1.08 bits per heavy atom. The first-order valence-corrected chi connectivity index (χ1v) is 9.74. The zero-order chi connectivity index (χ0) is 18.4. The second-order valence-corrected chi connectivity index (χ2v) is 9.73. The van der Waals surface area contributed by atoms with E-state index in [2.05, 4.69) is 0 Å². The van der Waals surface area contributed by atoms with Gasteiger partial charge in [0, 0.05) is 11.3 Å². The summed E-state index contributed by atoms with van der Waals surface area (Å²) in [6.45, 7) is 5.74. The van der Waals surface area contributed by atoms with E-state index in [-0.39, 0.29) is 23.5 Å². The molecule has 0 radical (unpaired) electrons. The molecule has 0 saturated heterocycles. The van der Waals surface area contributed by atoms with Crippen LogP contribution in [-0.4, -0.2) is 39.3 Å². The van der Waals surface area contributed by atoms with Gasteiger partial charge in [-0.2, -0.15) is 0 Å². The van der Waals surface area contributed by atoms with E-state index in [9.17, 15) is 24.9 Å². The van der Waals surface area contributed by atoms with Crippen molar-refractivity contribution in [2.24, 2.45) is 39.9 Å². The smallest absolute Gasteiger partial charge is 0.309 e. The van der Waals surface area contributed by atoms with Gasteiger partial charge in [0.15, 0.2) is 0 Å². The molecule has 0 amide bonds. The number of aliphatic hydroxyl groups excluding tert-OH is 2. The fourth-order valence-corrected chi connectivity index (χ4v) is 7.57. The lowest BCUT2D eigenvalue weighted by Crippen LogP contribution is -2.68. The predicted octanol–water partition coefficient (Wildman–Crippen LogP) is 2.24. The van der Waals surface area contributed by atoms with Crippen molar-refractivity contribution in [3.63, 3.8) is 0 Å². The molecular weight excluding hydrogens is 320 g/mol. The quantitative estimate of drug-likeness (QED) is 0.674. The van der Waals surface area contributed by atoms with Gasteiger partial charge in [-0.05, 0) is 63.2 Å². The number of rotatable bonds is 1. The molecule has 4 rings (SSSR count). The van der Waals surface area contributed by atoms with Crippen LogP contribution in [0.1, 0.15) is 59.3 Å². The van der Waals surface area contributed by atoms with Gasteiger partial charge in [-0.1, -0.05) is 13.8 Å². The number of hydrogen-bond donors (Lipinski definition) is 3. The van der Waals surface area contributed by atoms with Gasteiger partial charge >= 0.3 is 5.97 Å². The van der Waals surface area contributed by atoms with Crippen molar-refractivity contribution >= 4 is 11.8 Å². The third-order valence-corrected chi connectivity index (χ3v) is 9.10. The topological polar surface area (TPSA) is 94.8 Å². The van der Waals surface area contributed by atoms with Crippen molar-refractivity contribution in [3.8, 4) is 0 Å². The molecule has 9 atom stereocenters. The summed E-state index contributed by atoms with van der Waals surface area (Å²) >= 11 is 0. The second kappa shape index (κ2) is 5.07. The van der Waals surface area contributed by atoms with E-state index in [4.69, 9.17) is 0 Å². The number of aliphatic hydroxyl groups is 2. The number of Topliss-reactive ketones (excluding diaryl/α,β-unsaturated/α-hetero) is 1. The molecule has 0 unspecified atom stereocenters. The average Bonchev–Trinajstić information content (AvgIpc) is 2.76. The van der Waals surface area contributed by atoms with Gasteiger partial charge < -0.3 is 15.3 Å². The molecule has 140 valence electrons. The monoisotopic (exact) mass is 350 g/mol. The Bertz CT molecular complexity index is 632. The highest BCUT2D eigenvalue weighted by Crippen LogP contribution is 2.71. The van der Waals surface area contributed by atoms with Crippen molar-refractivity contribution in [1.82, 2.24) is 0 Å². The molecule has 25 heavy (non-hydrogen) atoms. The molecule has 2 bridgehead atoms. The van der Waals surface area contributed by atoms with E-state index < -0.39 is 34.4 Å². The second-order valence-electron chi connectivity index (χ2n) is 9.73. The number of carbonyl (C=O) groups is 2. The van der Waals surface area contributed by atoms with Gasteiger partial charge in [0.2, 0.25) is 0 Å². The largest absolute Gasteiger partial charge is 0.481 e. The fraction of sp³-hybridized carbons (Fsp3) is 0.900. The maximum atomic E-state index is 13.2. The average molecular weight is 350 g/mol. The summed E-state index contributed by atoms with van der Waals surface area (Å²) in [5, 5.41) is 32.0. The minimum atomic E-state index is -0.958. The summed E-state index contributed by atoms with van der Waals surface area (Å²) in [5.74, 6) is -0.847. The van der Waals surface area contributed by atoms with E-state index in [1.54, 1.807) is 6.92 Å². The van der Waals surface area contributed by atoms with E-state index in [1.165, 1.54) is 0 Å². The Labute approximate surface area is 148 Å². The first-order valence-electron chi connectivity index (χ1n) is 9.74. The minimum Gasteiger partial charge on any atom is -0.481 e. The Balaban J connectivity index is 1.86. The summed E-state index contributed by atoms with van der Waals surface area (Å²) in [6.07, 6.45) is 2.21. The lowest BCUT2D eigenvalue weighted by atomic mass is 9.39. The maximum Gasteiger partial charge on any atom is 0.309 e. The molecule has 4 saturated carbocycles. The highest BCUT2D eigenvalue weighted by molar-refractivity contribution is 5.91. The van der Waals surface area contributed by atoms with Crippen molar-refractivity contribution in [2.45, 2.75) is 71.5 Å². The van der Waals surface area contributed by atoms with Crippen LogP contribution >= 0.6 is 0 Å². The van der Waals surface area contributed by atoms with Crippen LogP contribution in [0.25, 0.3) is 0 Å². The summed E-state index contributed by atoms with van der Waals surface area (Å²) in [4.78, 5) is 25.3. The van der Waals surface area contributed by atoms with Crippen molar-refractivity contribution in [1.29, 1.82) is 0 Å². The molecule has 4 aliphatic carbocycles. The number of aliphatic carboxylic acids is 1. The Hall–Kier alpha value is -0.940. The number of fused-ring (bicyclic) bond motifs is 3. The van der Waals surface area contributed by atoms with Gasteiger partial charge in [0.25, 0.3) is 0 Å². The van der Waals surface area contributed by atoms with E-state index in [1.807, 2.05) is 13.8 Å². The van der Waals surface area contributed by atoms with Gasteiger partial charge in [0.1, 0.15) is 5.78 Å². The highest BCUT2D eigenvalue weighted by Gasteiger charge is 2.73. The summed E-state index contributed by atoms with van der Waals surface area (Å²) in [6, 6.07) is 0. The molecule has 1 spiro atoms. The van der Waals surface area contributed by atoms with Gasteiger partial charge in [-0.3, -0.25) is 9.59 Å². The zero-order valence-electron chi connectivity index (χ0n) is 15.4. The number of carbonyl (C=O) groups excluding carboxylic acids is 1. The molecule has 0 heterocycles.